The molecule has 140 valence electrons. The number of methoxy groups -OCH3 is 1. The summed E-state index contributed by atoms with van der Waals surface area (Å²) in [5, 5.41) is 6.95. The molecule has 2 aliphatic rings. The Hall–Kier alpha value is -1.61. The summed E-state index contributed by atoms with van der Waals surface area (Å²) < 4.78 is 50.2. The number of H-pyrrole nitrogens is 1. The molecular formula is C16H22F3N3O3. The van der Waals surface area contributed by atoms with Gasteiger partial charge in [-0.05, 0) is 13.8 Å². The van der Waals surface area contributed by atoms with Crippen LogP contribution in [0.2, 0.25) is 0 Å². The number of alkyl halides is 3. The first-order valence-electron chi connectivity index (χ1n) is 8.32. The number of rotatable bonds is 2. The molecule has 0 bridgehead atoms. The van der Waals surface area contributed by atoms with Gasteiger partial charge < -0.3 is 14.4 Å². The maximum absolute atomic E-state index is 13.2. The van der Waals surface area contributed by atoms with Gasteiger partial charge in [0.2, 0.25) is 0 Å². The highest BCUT2D eigenvalue weighted by Crippen LogP contribution is 2.41. The van der Waals surface area contributed by atoms with Gasteiger partial charge in [0.05, 0.1) is 17.9 Å². The Labute approximate surface area is 143 Å². The SMILES string of the molecule is COC1(C(F)(F)F)CCN(C(=O)c2n[nH]c3c2C[C@H](C)O[C@@H]3C)CC1. The molecule has 25 heavy (non-hydrogen) atoms. The minimum Gasteiger partial charge on any atom is -0.369 e. The third-order valence-electron chi connectivity index (χ3n) is 5.20. The van der Waals surface area contributed by atoms with Gasteiger partial charge in [0.25, 0.3) is 5.91 Å². The van der Waals surface area contributed by atoms with E-state index in [2.05, 4.69) is 10.2 Å². The minimum absolute atomic E-state index is 0.0184. The lowest BCUT2D eigenvalue weighted by Crippen LogP contribution is -2.55. The highest BCUT2D eigenvalue weighted by atomic mass is 19.4. The summed E-state index contributed by atoms with van der Waals surface area (Å²) >= 11 is 0. The number of nitrogens with one attached hydrogen (secondary N) is 1. The molecule has 1 saturated heterocycles. The Kier molecular flexibility index (Phi) is 4.57. The number of ether oxygens (including phenoxy) is 2. The molecule has 1 amide bonds. The molecule has 3 heterocycles. The van der Waals surface area contributed by atoms with Crippen molar-refractivity contribution < 1.29 is 27.4 Å². The number of hydrogen-bond acceptors (Lipinski definition) is 4. The summed E-state index contributed by atoms with van der Waals surface area (Å²) in [6, 6.07) is 0. The fourth-order valence-electron chi connectivity index (χ4n) is 3.67. The average molecular weight is 361 g/mol. The molecule has 1 aromatic heterocycles. The first kappa shape index (κ1) is 18.2. The van der Waals surface area contributed by atoms with Crippen LogP contribution in [0, 0.1) is 0 Å². The van der Waals surface area contributed by atoms with Crippen molar-refractivity contribution in [1.82, 2.24) is 15.1 Å². The number of piperidine rings is 1. The number of carbonyl (C=O) groups is 1. The van der Waals surface area contributed by atoms with Crippen LogP contribution in [0.5, 0.6) is 0 Å². The average Bonchev–Trinajstić information content (AvgIpc) is 2.97. The number of nitrogens with zero attached hydrogens (tertiary/aromatic N) is 2. The highest BCUT2D eigenvalue weighted by Gasteiger charge is 2.56. The Morgan fingerprint density at radius 2 is 2.00 bits per heavy atom. The molecule has 3 rings (SSSR count). The minimum atomic E-state index is -4.45. The maximum Gasteiger partial charge on any atom is 0.417 e. The lowest BCUT2D eigenvalue weighted by molar-refractivity contribution is -0.281. The molecule has 1 fully saturated rings. The van der Waals surface area contributed by atoms with Gasteiger partial charge in [-0.2, -0.15) is 18.3 Å². The van der Waals surface area contributed by atoms with Gasteiger partial charge >= 0.3 is 6.18 Å². The first-order chi connectivity index (χ1) is 11.7. The molecule has 0 radical (unpaired) electrons. The zero-order chi connectivity index (χ0) is 18.4. The van der Waals surface area contributed by atoms with Crippen molar-refractivity contribution in [3.63, 3.8) is 0 Å². The van der Waals surface area contributed by atoms with Crippen LogP contribution < -0.4 is 0 Å². The van der Waals surface area contributed by atoms with Crippen molar-refractivity contribution in [2.45, 2.75) is 57.1 Å². The molecule has 2 atom stereocenters. The van der Waals surface area contributed by atoms with Gasteiger partial charge in [0.15, 0.2) is 11.3 Å². The van der Waals surface area contributed by atoms with Gasteiger partial charge in [-0.25, -0.2) is 0 Å². The quantitative estimate of drug-likeness (QED) is 0.879. The van der Waals surface area contributed by atoms with Gasteiger partial charge in [0, 0.05) is 45.0 Å². The number of fused-ring (bicyclic) bond motifs is 1. The Bertz CT molecular complexity index is 651. The van der Waals surface area contributed by atoms with Crippen molar-refractivity contribution in [2.75, 3.05) is 20.2 Å². The summed E-state index contributed by atoms with van der Waals surface area (Å²) in [4.78, 5) is 14.2. The smallest absolute Gasteiger partial charge is 0.369 e. The van der Waals surface area contributed by atoms with E-state index in [-0.39, 0.29) is 49.7 Å². The molecule has 9 heteroatoms. The van der Waals surface area contributed by atoms with E-state index in [1.807, 2.05) is 13.8 Å². The number of aromatic nitrogens is 2. The van der Waals surface area contributed by atoms with Crippen LogP contribution in [-0.2, 0) is 15.9 Å². The highest BCUT2D eigenvalue weighted by molar-refractivity contribution is 5.94. The topological polar surface area (TPSA) is 67.5 Å². The van der Waals surface area contributed by atoms with E-state index in [1.54, 1.807) is 0 Å². The fourth-order valence-corrected chi connectivity index (χ4v) is 3.67. The predicted octanol–water partition coefficient (Wildman–Crippen LogP) is 2.62. The Balaban J connectivity index is 1.76. The van der Waals surface area contributed by atoms with E-state index in [4.69, 9.17) is 9.47 Å². The molecule has 2 aliphatic heterocycles. The van der Waals surface area contributed by atoms with Crippen molar-refractivity contribution in [1.29, 1.82) is 0 Å². The van der Waals surface area contributed by atoms with E-state index in [0.29, 0.717) is 6.42 Å². The lowest BCUT2D eigenvalue weighted by atomic mass is 9.90. The van der Waals surface area contributed by atoms with Crippen LogP contribution in [0.25, 0.3) is 0 Å². The molecule has 0 aliphatic carbocycles. The summed E-state index contributed by atoms with van der Waals surface area (Å²) in [6.07, 6.45) is -4.69. The predicted molar refractivity (Wildman–Crippen MR) is 82.2 cm³/mol. The van der Waals surface area contributed by atoms with Crippen molar-refractivity contribution in [3.8, 4) is 0 Å². The summed E-state index contributed by atoms with van der Waals surface area (Å²) in [6.45, 7) is 3.75. The van der Waals surface area contributed by atoms with Crippen LogP contribution in [0.4, 0.5) is 13.2 Å². The largest absolute Gasteiger partial charge is 0.417 e. The fraction of sp³-hybridized carbons (Fsp3) is 0.750. The molecule has 0 saturated carbocycles. The second kappa shape index (κ2) is 6.28. The monoisotopic (exact) mass is 361 g/mol. The zero-order valence-corrected chi connectivity index (χ0v) is 14.4. The third kappa shape index (κ3) is 3.03. The standard InChI is InChI=1S/C16H22F3N3O3/c1-9-8-11-12(10(2)25-9)20-21-13(11)14(23)22-6-4-15(24-3,5-7-22)16(17,18)19/h9-10H,4-8H2,1-3H3,(H,20,21)/t9-,10+/m0/s1. The maximum atomic E-state index is 13.2. The van der Waals surface area contributed by atoms with Crippen LogP contribution >= 0.6 is 0 Å². The van der Waals surface area contributed by atoms with E-state index in [1.165, 1.54) is 4.90 Å². The molecule has 0 aromatic carbocycles. The third-order valence-corrected chi connectivity index (χ3v) is 5.20. The first-order valence-corrected chi connectivity index (χ1v) is 8.32. The van der Waals surface area contributed by atoms with Crippen LogP contribution in [-0.4, -0.2) is 59.1 Å². The van der Waals surface area contributed by atoms with Gasteiger partial charge in [0.1, 0.15) is 0 Å². The summed E-state index contributed by atoms with van der Waals surface area (Å²) in [5.41, 5.74) is -0.324. The summed E-state index contributed by atoms with van der Waals surface area (Å²) in [5.74, 6) is -0.342. The van der Waals surface area contributed by atoms with Crippen molar-refractivity contribution >= 4 is 5.91 Å². The number of halogens is 3. The Morgan fingerprint density at radius 3 is 2.56 bits per heavy atom. The second-order valence-electron chi connectivity index (χ2n) is 6.75. The summed E-state index contributed by atoms with van der Waals surface area (Å²) in [7, 11) is 1.07. The molecule has 0 unspecified atom stereocenters. The van der Waals surface area contributed by atoms with Crippen LogP contribution in [0.3, 0.4) is 0 Å². The van der Waals surface area contributed by atoms with Crippen LogP contribution in [0.1, 0.15) is 54.5 Å². The normalized spacial score (nSPS) is 26.4. The van der Waals surface area contributed by atoms with Gasteiger partial charge in [-0.1, -0.05) is 0 Å². The van der Waals surface area contributed by atoms with E-state index in [0.717, 1.165) is 18.4 Å². The van der Waals surface area contributed by atoms with Crippen LogP contribution in [0.15, 0.2) is 0 Å². The Morgan fingerprint density at radius 1 is 1.36 bits per heavy atom. The number of hydrogen-bond donors (Lipinski definition) is 1. The van der Waals surface area contributed by atoms with Crippen molar-refractivity contribution in [3.05, 3.63) is 17.0 Å². The number of amides is 1. The van der Waals surface area contributed by atoms with Gasteiger partial charge in [-0.15, -0.1) is 0 Å². The lowest BCUT2D eigenvalue weighted by Gasteiger charge is -2.41. The molecule has 6 nitrogen and oxygen atoms in total. The van der Waals surface area contributed by atoms with Gasteiger partial charge in [-0.3, -0.25) is 9.89 Å². The second-order valence-corrected chi connectivity index (χ2v) is 6.75. The van der Waals surface area contributed by atoms with E-state index < -0.39 is 11.8 Å². The zero-order valence-electron chi connectivity index (χ0n) is 14.4. The number of carbonyl (C=O) groups excluding carboxylic acids is 1. The molecule has 0 spiro atoms. The molecular weight excluding hydrogens is 339 g/mol. The van der Waals surface area contributed by atoms with E-state index >= 15 is 0 Å². The molecule has 1 N–H and O–H groups in total. The molecule has 1 aromatic rings. The number of likely N-dealkylation sites (tertiary alicyclic amines) is 1. The van der Waals surface area contributed by atoms with E-state index in [9.17, 15) is 18.0 Å². The van der Waals surface area contributed by atoms with Crippen molar-refractivity contribution in [2.24, 2.45) is 0 Å². The number of aromatic amines is 1.